The Morgan fingerprint density at radius 3 is 2.71 bits per heavy atom. The normalized spacial score (nSPS) is 22.0. The monoisotopic (exact) mass is 292 g/mol. The van der Waals surface area contributed by atoms with Crippen molar-refractivity contribution in [1.29, 1.82) is 0 Å². The first-order valence-electron chi connectivity index (χ1n) is 7.36. The van der Waals surface area contributed by atoms with Gasteiger partial charge in [-0.05, 0) is 42.4 Å². The van der Waals surface area contributed by atoms with Crippen molar-refractivity contribution in [3.05, 3.63) is 23.8 Å². The van der Waals surface area contributed by atoms with E-state index < -0.39 is 6.04 Å². The van der Waals surface area contributed by atoms with Gasteiger partial charge in [0.2, 0.25) is 5.91 Å². The number of nitrogens with one attached hydrogen (secondary N) is 1. The summed E-state index contributed by atoms with van der Waals surface area (Å²) in [5.41, 5.74) is 6.79. The fourth-order valence-electron chi connectivity index (χ4n) is 2.92. The number of hydrogen-bond donors (Lipinski definition) is 4. The first kappa shape index (κ1) is 15.6. The van der Waals surface area contributed by atoms with Crippen LogP contribution in [-0.4, -0.2) is 28.2 Å². The average molecular weight is 292 g/mol. The Balaban J connectivity index is 1.95. The maximum atomic E-state index is 12.2. The molecule has 5 N–H and O–H groups in total. The topological polar surface area (TPSA) is 95.6 Å². The predicted octanol–water partition coefficient (Wildman–Crippen LogP) is 1.66. The molecule has 1 aromatic carbocycles. The summed E-state index contributed by atoms with van der Waals surface area (Å²) in [5, 5.41) is 21.8. The van der Waals surface area contributed by atoms with Gasteiger partial charge in [-0.2, -0.15) is 0 Å². The zero-order valence-corrected chi connectivity index (χ0v) is 12.6. The van der Waals surface area contributed by atoms with E-state index in [2.05, 4.69) is 19.2 Å². The number of aromatic hydroxyl groups is 2. The molecule has 0 bridgehead atoms. The van der Waals surface area contributed by atoms with Gasteiger partial charge in [-0.15, -0.1) is 0 Å². The number of carbonyl (C=O) groups excluding carboxylic acids is 1. The van der Waals surface area contributed by atoms with Gasteiger partial charge >= 0.3 is 0 Å². The molecule has 0 aromatic heterocycles. The highest BCUT2D eigenvalue weighted by atomic mass is 16.3. The largest absolute Gasteiger partial charge is 0.504 e. The van der Waals surface area contributed by atoms with E-state index in [0.717, 1.165) is 24.8 Å². The van der Waals surface area contributed by atoms with Crippen LogP contribution in [0.15, 0.2) is 18.2 Å². The zero-order valence-electron chi connectivity index (χ0n) is 12.6. The van der Waals surface area contributed by atoms with Gasteiger partial charge in [0.05, 0.1) is 6.04 Å². The molecule has 5 heteroatoms. The van der Waals surface area contributed by atoms with Crippen LogP contribution in [-0.2, 0) is 11.2 Å². The second-order valence-corrected chi connectivity index (χ2v) is 6.58. The van der Waals surface area contributed by atoms with Crippen LogP contribution in [0.4, 0.5) is 0 Å². The first-order chi connectivity index (χ1) is 9.79. The lowest BCUT2D eigenvalue weighted by Gasteiger charge is -2.28. The standard InChI is InChI=1S/C16H24N2O3/c1-16(2)7-3-4-14(16)18-15(21)11(17)8-10-5-6-12(19)13(20)9-10/h5-6,9,11,14,19-20H,3-4,7-8,17H2,1-2H3,(H,18,21)/t11-,14?/m0/s1. The number of nitrogens with two attached hydrogens (primary N) is 1. The summed E-state index contributed by atoms with van der Waals surface area (Å²) in [6.45, 7) is 4.32. The predicted molar refractivity (Wildman–Crippen MR) is 81.0 cm³/mol. The number of phenols is 2. The zero-order chi connectivity index (χ0) is 15.6. The minimum absolute atomic E-state index is 0.117. The van der Waals surface area contributed by atoms with Crippen LogP contribution >= 0.6 is 0 Å². The van der Waals surface area contributed by atoms with Crippen LogP contribution in [0.2, 0.25) is 0 Å². The van der Waals surface area contributed by atoms with Crippen molar-refractivity contribution in [2.24, 2.45) is 11.1 Å². The number of benzene rings is 1. The molecule has 1 fully saturated rings. The SMILES string of the molecule is CC1(C)CCCC1NC(=O)[C@@H](N)Cc1ccc(O)c(O)c1. The molecule has 1 unspecified atom stereocenters. The molecule has 5 nitrogen and oxygen atoms in total. The molecule has 0 radical (unpaired) electrons. The molecule has 1 aliphatic rings. The fraction of sp³-hybridized carbons (Fsp3) is 0.562. The lowest BCUT2D eigenvalue weighted by molar-refractivity contribution is -0.123. The lowest BCUT2D eigenvalue weighted by Crippen LogP contribution is -2.49. The van der Waals surface area contributed by atoms with E-state index >= 15 is 0 Å². The van der Waals surface area contributed by atoms with Gasteiger partial charge < -0.3 is 21.3 Å². The maximum Gasteiger partial charge on any atom is 0.237 e. The molecule has 1 amide bonds. The molecule has 1 aliphatic carbocycles. The summed E-state index contributed by atoms with van der Waals surface area (Å²) < 4.78 is 0. The highest BCUT2D eigenvalue weighted by Crippen LogP contribution is 2.37. The van der Waals surface area contributed by atoms with Gasteiger partial charge in [-0.3, -0.25) is 4.79 Å². The van der Waals surface area contributed by atoms with Crippen LogP contribution in [0.1, 0.15) is 38.7 Å². The number of carbonyl (C=O) groups is 1. The van der Waals surface area contributed by atoms with Gasteiger partial charge in [-0.25, -0.2) is 0 Å². The summed E-state index contributed by atoms with van der Waals surface area (Å²) in [6, 6.07) is 3.99. The molecule has 0 saturated heterocycles. The Kier molecular flexibility index (Phi) is 4.42. The molecule has 1 aromatic rings. The van der Waals surface area contributed by atoms with Crippen LogP contribution in [0.25, 0.3) is 0 Å². The summed E-state index contributed by atoms with van der Waals surface area (Å²) in [4.78, 5) is 12.2. The van der Waals surface area contributed by atoms with E-state index in [1.165, 1.54) is 12.1 Å². The summed E-state index contributed by atoms with van der Waals surface area (Å²) in [5.74, 6) is -0.538. The van der Waals surface area contributed by atoms with Gasteiger partial charge in [0.25, 0.3) is 0 Å². The smallest absolute Gasteiger partial charge is 0.237 e. The third-order valence-corrected chi connectivity index (χ3v) is 4.41. The Morgan fingerprint density at radius 1 is 1.43 bits per heavy atom. The van der Waals surface area contributed by atoms with E-state index in [1.54, 1.807) is 6.07 Å². The Morgan fingerprint density at radius 2 is 2.14 bits per heavy atom. The van der Waals surface area contributed by atoms with Gasteiger partial charge in [0.1, 0.15) is 0 Å². The van der Waals surface area contributed by atoms with E-state index in [-0.39, 0.29) is 28.9 Å². The van der Waals surface area contributed by atoms with Gasteiger partial charge in [-0.1, -0.05) is 26.3 Å². The molecule has 2 rings (SSSR count). The third-order valence-electron chi connectivity index (χ3n) is 4.41. The molecule has 0 heterocycles. The van der Waals surface area contributed by atoms with Gasteiger partial charge in [0, 0.05) is 6.04 Å². The van der Waals surface area contributed by atoms with Crippen LogP contribution in [0.3, 0.4) is 0 Å². The van der Waals surface area contributed by atoms with Crippen molar-refractivity contribution in [2.75, 3.05) is 0 Å². The average Bonchev–Trinajstić information content (AvgIpc) is 2.73. The summed E-state index contributed by atoms with van der Waals surface area (Å²) in [6.07, 6.45) is 3.55. The second kappa shape index (κ2) is 5.93. The number of amides is 1. The highest BCUT2D eigenvalue weighted by molar-refractivity contribution is 5.82. The minimum Gasteiger partial charge on any atom is -0.504 e. The van der Waals surface area contributed by atoms with Crippen molar-refractivity contribution >= 4 is 5.91 Å². The van der Waals surface area contributed by atoms with E-state index in [9.17, 15) is 15.0 Å². The van der Waals surface area contributed by atoms with Crippen molar-refractivity contribution < 1.29 is 15.0 Å². The van der Waals surface area contributed by atoms with E-state index in [1.807, 2.05) is 0 Å². The van der Waals surface area contributed by atoms with Crippen LogP contribution < -0.4 is 11.1 Å². The summed E-state index contributed by atoms with van der Waals surface area (Å²) >= 11 is 0. The van der Waals surface area contributed by atoms with E-state index in [4.69, 9.17) is 5.73 Å². The molecule has 2 atom stereocenters. The molecular weight excluding hydrogens is 268 g/mol. The Bertz CT molecular complexity index is 528. The van der Waals surface area contributed by atoms with Crippen molar-refractivity contribution in [3.63, 3.8) is 0 Å². The van der Waals surface area contributed by atoms with Gasteiger partial charge in [0.15, 0.2) is 11.5 Å². The highest BCUT2D eigenvalue weighted by Gasteiger charge is 2.36. The van der Waals surface area contributed by atoms with Crippen molar-refractivity contribution in [2.45, 2.75) is 51.6 Å². The Labute approximate surface area is 125 Å². The number of rotatable bonds is 4. The molecule has 21 heavy (non-hydrogen) atoms. The Hall–Kier alpha value is -1.75. The van der Waals surface area contributed by atoms with Crippen molar-refractivity contribution in [3.8, 4) is 11.5 Å². The first-order valence-corrected chi connectivity index (χ1v) is 7.36. The maximum absolute atomic E-state index is 12.2. The van der Waals surface area contributed by atoms with Crippen molar-refractivity contribution in [1.82, 2.24) is 5.32 Å². The summed E-state index contributed by atoms with van der Waals surface area (Å²) in [7, 11) is 0. The van der Waals surface area contributed by atoms with E-state index in [0.29, 0.717) is 6.42 Å². The molecule has 0 spiro atoms. The number of phenolic OH excluding ortho intramolecular Hbond substituents is 2. The van der Waals surface area contributed by atoms with Crippen LogP contribution in [0, 0.1) is 5.41 Å². The third kappa shape index (κ3) is 3.67. The van der Waals surface area contributed by atoms with Crippen LogP contribution in [0.5, 0.6) is 11.5 Å². The molecular formula is C16H24N2O3. The molecule has 1 saturated carbocycles. The second-order valence-electron chi connectivity index (χ2n) is 6.58. The minimum atomic E-state index is -0.662. The lowest BCUT2D eigenvalue weighted by atomic mass is 9.87. The quantitative estimate of drug-likeness (QED) is 0.635. The fourth-order valence-corrected chi connectivity index (χ4v) is 2.92. The molecule has 0 aliphatic heterocycles. The number of hydrogen-bond acceptors (Lipinski definition) is 4. The molecule has 116 valence electrons.